The Morgan fingerprint density at radius 1 is 1.20 bits per heavy atom. The Hall–Kier alpha value is -1.71. The quantitative estimate of drug-likeness (QED) is 0.866. The van der Waals surface area contributed by atoms with Gasteiger partial charge in [-0.2, -0.15) is 0 Å². The van der Waals surface area contributed by atoms with Crippen molar-refractivity contribution in [2.75, 3.05) is 13.2 Å². The molecule has 0 bridgehead atoms. The SMILES string of the molecule is CCCOc1ccc(CCNC(=O)OC(C)(C)C)cc1. The highest BCUT2D eigenvalue weighted by Gasteiger charge is 2.15. The van der Waals surface area contributed by atoms with E-state index in [-0.39, 0.29) is 6.09 Å². The van der Waals surface area contributed by atoms with Gasteiger partial charge in [0.05, 0.1) is 6.61 Å². The molecule has 0 aliphatic rings. The van der Waals surface area contributed by atoms with Gasteiger partial charge < -0.3 is 14.8 Å². The van der Waals surface area contributed by atoms with Crippen molar-refractivity contribution < 1.29 is 14.3 Å². The average molecular weight is 279 g/mol. The maximum absolute atomic E-state index is 11.5. The summed E-state index contributed by atoms with van der Waals surface area (Å²) in [5.41, 5.74) is 0.701. The normalized spacial score (nSPS) is 11.0. The van der Waals surface area contributed by atoms with Gasteiger partial charge in [0.15, 0.2) is 0 Å². The lowest BCUT2D eigenvalue weighted by Crippen LogP contribution is -2.33. The van der Waals surface area contributed by atoms with E-state index in [2.05, 4.69) is 12.2 Å². The van der Waals surface area contributed by atoms with Gasteiger partial charge in [-0.05, 0) is 51.3 Å². The van der Waals surface area contributed by atoms with Crippen LogP contribution in [0.5, 0.6) is 5.75 Å². The van der Waals surface area contributed by atoms with Crippen molar-refractivity contribution in [3.05, 3.63) is 29.8 Å². The second kappa shape index (κ2) is 7.78. The molecule has 0 aliphatic heterocycles. The number of hydrogen-bond acceptors (Lipinski definition) is 3. The number of rotatable bonds is 6. The Labute approximate surface area is 121 Å². The topological polar surface area (TPSA) is 47.6 Å². The molecule has 0 aromatic heterocycles. The van der Waals surface area contributed by atoms with E-state index in [1.807, 2.05) is 45.0 Å². The van der Waals surface area contributed by atoms with Gasteiger partial charge in [0.1, 0.15) is 11.4 Å². The standard InChI is InChI=1S/C16H25NO3/c1-5-12-19-14-8-6-13(7-9-14)10-11-17-15(18)20-16(2,3)4/h6-9H,5,10-12H2,1-4H3,(H,17,18). The second-order valence-corrected chi connectivity index (χ2v) is 5.67. The highest BCUT2D eigenvalue weighted by Crippen LogP contribution is 2.12. The van der Waals surface area contributed by atoms with Crippen molar-refractivity contribution in [1.82, 2.24) is 5.32 Å². The molecule has 112 valence electrons. The van der Waals surface area contributed by atoms with Crippen LogP contribution in [0.2, 0.25) is 0 Å². The second-order valence-electron chi connectivity index (χ2n) is 5.67. The molecule has 1 amide bonds. The predicted octanol–water partition coefficient (Wildman–Crippen LogP) is 3.54. The summed E-state index contributed by atoms with van der Waals surface area (Å²) in [6, 6.07) is 7.94. The highest BCUT2D eigenvalue weighted by molar-refractivity contribution is 5.67. The van der Waals surface area contributed by atoms with Gasteiger partial charge in [0.2, 0.25) is 0 Å². The molecule has 0 unspecified atom stereocenters. The molecular formula is C16H25NO3. The van der Waals surface area contributed by atoms with E-state index >= 15 is 0 Å². The van der Waals surface area contributed by atoms with E-state index in [0.29, 0.717) is 6.54 Å². The molecule has 0 spiro atoms. The number of amides is 1. The molecule has 1 aromatic rings. The molecule has 0 radical (unpaired) electrons. The zero-order valence-electron chi connectivity index (χ0n) is 12.9. The van der Waals surface area contributed by atoms with Gasteiger partial charge in [0, 0.05) is 6.54 Å². The third-order valence-corrected chi connectivity index (χ3v) is 2.48. The third kappa shape index (κ3) is 7.02. The number of benzene rings is 1. The van der Waals surface area contributed by atoms with Gasteiger partial charge in [-0.3, -0.25) is 0 Å². The van der Waals surface area contributed by atoms with E-state index in [9.17, 15) is 4.79 Å². The Balaban J connectivity index is 2.30. The van der Waals surface area contributed by atoms with Gasteiger partial charge in [0.25, 0.3) is 0 Å². The van der Waals surface area contributed by atoms with Crippen LogP contribution in [0.4, 0.5) is 4.79 Å². The molecule has 4 heteroatoms. The maximum Gasteiger partial charge on any atom is 0.407 e. The van der Waals surface area contributed by atoms with Crippen LogP contribution in [0.25, 0.3) is 0 Å². The summed E-state index contributed by atoms with van der Waals surface area (Å²) in [6.07, 6.45) is 1.40. The fourth-order valence-corrected chi connectivity index (χ4v) is 1.60. The Kier molecular flexibility index (Phi) is 6.36. The molecule has 4 nitrogen and oxygen atoms in total. The summed E-state index contributed by atoms with van der Waals surface area (Å²) in [7, 11) is 0. The number of ether oxygens (including phenoxy) is 2. The zero-order valence-corrected chi connectivity index (χ0v) is 12.9. The van der Waals surface area contributed by atoms with Crippen molar-refractivity contribution in [2.24, 2.45) is 0 Å². The van der Waals surface area contributed by atoms with E-state index in [1.54, 1.807) is 0 Å². The monoisotopic (exact) mass is 279 g/mol. The van der Waals surface area contributed by atoms with Crippen LogP contribution in [0.15, 0.2) is 24.3 Å². The van der Waals surface area contributed by atoms with Gasteiger partial charge in [-0.1, -0.05) is 19.1 Å². The summed E-state index contributed by atoms with van der Waals surface area (Å²) in [4.78, 5) is 11.5. The smallest absolute Gasteiger partial charge is 0.407 e. The van der Waals surface area contributed by atoms with Crippen LogP contribution in [0.3, 0.4) is 0 Å². The first-order valence-electron chi connectivity index (χ1n) is 7.09. The molecule has 20 heavy (non-hydrogen) atoms. The third-order valence-electron chi connectivity index (χ3n) is 2.48. The molecule has 1 rings (SSSR count). The summed E-state index contributed by atoms with van der Waals surface area (Å²) >= 11 is 0. The van der Waals surface area contributed by atoms with Crippen LogP contribution in [0, 0.1) is 0 Å². The first-order chi connectivity index (χ1) is 9.40. The number of carbonyl (C=O) groups excluding carboxylic acids is 1. The van der Waals surface area contributed by atoms with Crippen LogP contribution in [-0.4, -0.2) is 24.8 Å². The summed E-state index contributed by atoms with van der Waals surface area (Å²) < 4.78 is 10.7. The van der Waals surface area contributed by atoms with Crippen molar-refractivity contribution in [3.63, 3.8) is 0 Å². The number of nitrogens with one attached hydrogen (secondary N) is 1. The van der Waals surface area contributed by atoms with E-state index in [1.165, 1.54) is 0 Å². The molecular weight excluding hydrogens is 254 g/mol. The van der Waals surface area contributed by atoms with Crippen molar-refractivity contribution in [1.29, 1.82) is 0 Å². The zero-order chi connectivity index (χ0) is 15.0. The lowest BCUT2D eigenvalue weighted by atomic mass is 10.1. The minimum atomic E-state index is -0.456. The van der Waals surface area contributed by atoms with Crippen molar-refractivity contribution in [2.45, 2.75) is 46.1 Å². The maximum atomic E-state index is 11.5. The average Bonchev–Trinajstić information content (AvgIpc) is 2.35. The Morgan fingerprint density at radius 3 is 2.40 bits per heavy atom. The first-order valence-corrected chi connectivity index (χ1v) is 7.09. The molecule has 1 N–H and O–H groups in total. The van der Waals surface area contributed by atoms with Gasteiger partial charge in [-0.15, -0.1) is 0 Å². The molecule has 0 fully saturated rings. The summed E-state index contributed by atoms with van der Waals surface area (Å²) in [5.74, 6) is 0.885. The van der Waals surface area contributed by atoms with E-state index in [4.69, 9.17) is 9.47 Å². The van der Waals surface area contributed by atoms with Crippen LogP contribution in [-0.2, 0) is 11.2 Å². The summed E-state index contributed by atoms with van der Waals surface area (Å²) in [5, 5.41) is 2.74. The van der Waals surface area contributed by atoms with E-state index < -0.39 is 5.60 Å². The lowest BCUT2D eigenvalue weighted by molar-refractivity contribution is 0.0528. The Bertz CT molecular complexity index is 407. The van der Waals surface area contributed by atoms with Crippen LogP contribution >= 0.6 is 0 Å². The van der Waals surface area contributed by atoms with Crippen molar-refractivity contribution in [3.8, 4) is 5.75 Å². The number of alkyl carbamates (subject to hydrolysis) is 1. The van der Waals surface area contributed by atoms with Crippen LogP contribution < -0.4 is 10.1 Å². The number of carbonyl (C=O) groups is 1. The Morgan fingerprint density at radius 2 is 1.85 bits per heavy atom. The van der Waals surface area contributed by atoms with Crippen LogP contribution in [0.1, 0.15) is 39.7 Å². The molecule has 0 saturated heterocycles. The molecule has 0 saturated carbocycles. The van der Waals surface area contributed by atoms with Gasteiger partial charge in [-0.25, -0.2) is 4.79 Å². The molecule has 1 aromatic carbocycles. The van der Waals surface area contributed by atoms with Gasteiger partial charge >= 0.3 is 6.09 Å². The minimum Gasteiger partial charge on any atom is -0.494 e. The minimum absolute atomic E-state index is 0.375. The molecule has 0 heterocycles. The fourth-order valence-electron chi connectivity index (χ4n) is 1.60. The predicted molar refractivity (Wildman–Crippen MR) is 80.2 cm³/mol. The van der Waals surface area contributed by atoms with E-state index in [0.717, 1.165) is 30.8 Å². The summed E-state index contributed by atoms with van der Waals surface area (Å²) in [6.45, 7) is 8.92. The van der Waals surface area contributed by atoms with Crippen molar-refractivity contribution >= 4 is 6.09 Å². The largest absolute Gasteiger partial charge is 0.494 e. The fraction of sp³-hybridized carbons (Fsp3) is 0.562. The molecule has 0 atom stereocenters. The highest BCUT2D eigenvalue weighted by atomic mass is 16.6. The molecule has 0 aliphatic carbocycles. The first kappa shape index (κ1) is 16.3. The lowest BCUT2D eigenvalue weighted by Gasteiger charge is -2.19. The number of hydrogen-bond donors (Lipinski definition) is 1.